The van der Waals surface area contributed by atoms with E-state index in [1.807, 2.05) is 4.90 Å². The molecule has 1 atom stereocenters. The molecule has 9 heteroatoms. The molecule has 0 bridgehead atoms. The first kappa shape index (κ1) is 21.1. The highest BCUT2D eigenvalue weighted by molar-refractivity contribution is 7.17. The van der Waals surface area contributed by atoms with Crippen LogP contribution in [0.1, 0.15) is 46.5 Å². The number of carbonyl (C=O) groups excluding carboxylic acids is 3. The van der Waals surface area contributed by atoms with Gasteiger partial charge in [-0.15, -0.1) is 23.7 Å². The van der Waals surface area contributed by atoms with Crippen molar-refractivity contribution < 1.29 is 14.4 Å². The number of piperidine rings is 1. The summed E-state index contributed by atoms with van der Waals surface area (Å²) in [6.45, 7) is 2.27. The Hall–Kier alpha value is -1.64. The molecule has 0 aromatic carbocycles. The summed E-state index contributed by atoms with van der Waals surface area (Å²) in [6.07, 6.45) is 4.65. The van der Waals surface area contributed by atoms with Gasteiger partial charge in [0.05, 0.1) is 12.1 Å². The van der Waals surface area contributed by atoms with Crippen LogP contribution in [0.15, 0.2) is 0 Å². The highest BCUT2D eigenvalue weighted by atomic mass is 35.5. The second-order valence-corrected chi connectivity index (χ2v) is 8.80. The summed E-state index contributed by atoms with van der Waals surface area (Å²) in [5.41, 5.74) is 1.68. The first-order valence-corrected chi connectivity index (χ1v) is 10.4. The first-order chi connectivity index (χ1) is 13.0. The molecule has 3 amide bonds. The average Bonchev–Trinajstić information content (AvgIpc) is 3.02. The number of likely N-dealkylation sites (N-methyl/N-ethyl adjacent to an activating group) is 2. The Morgan fingerprint density at radius 2 is 2.00 bits per heavy atom. The minimum atomic E-state index is -0.0913. The Bertz CT molecular complexity index is 790. The quantitative estimate of drug-likeness (QED) is 0.780. The van der Waals surface area contributed by atoms with Gasteiger partial charge in [0.1, 0.15) is 11.5 Å². The van der Waals surface area contributed by atoms with Crippen molar-refractivity contribution in [3.8, 4) is 0 Å². The van der Waals surface area contributed by atoms with Gasteiger partial charge in [-0.2, -0.15) is 0 Å². The van der Waals surface area contributed by atoms with Crippen LogP contribution in [0.25, 0.3) is 0 Å². The molecule has 0 aliphatic carbocycles. The molecular formula is C19H27ClN4O3S. The van der Waals surface area contributed by atoms with Crippen LogP contribution in [0.5, 0.6) is 0 Å². The lowest BCUT2D eigenvalue weighted by atomic mass is 9.99. The van der Waals surface area contributed by atoms with E-state index in [2.05, 4.69) is 5.32 Å². The number of fused-ring (bicyclic) bond motifs is 3. The van der Waals surface area contributed by atoms with E-state index in [4.69, 9.17) is 0 Å². The van der Waals surface area contributed by atoms with Crippen LogP contribution in [0.3, 0.4) is 0 Å². The maximum absolute atomic E-state index is 12.8. The van der Waals surface area contributed by atoms with E-state index in [1.54, 1.807) is 19.0 Å². The van der Waals surface area contributed by atoms with Crippen molar-refractivity contribution in [1.29, 1.82) is 0 Å². The molecule has 154 valence electrons. The summed E-state index contributed by atoms with van der Waals surface area (Å²) in [6, 6.07) is 0.284. The second-order valence-electron chi connectivity index (χ2n) is 7.71. The summed E-state index contributed by atoms with van der Waals surface area (Å²) < 4.78 is 0. The molecule has 1 N–H and O–H groups in total. The smallest absolute Gasteiger partial charge is 0.257 e. The molecule has 1 saturated heterocycles. The van der Waals surface area contributed by atoms with E-state index in [1.165, 1.54) is 29.1 Å². The zero-order valence-corrected chi connectivity index (χ0v) is 18.0. The largest absolute Gasteiger partial charge is 0.337 e. The molecule has 1 aromatic heterocycles. The minimum Gasteiger partial charge on any atom is -0.337 e. The standard InChI is InChI=1S/C19H26N4O3S.ClH/c1-21-11-16(25)22(2)19-17(18(21)26)13-6-8-23(10-14(13)27-19)15(24)9-12-5-3-4-7-20-12;/h12,20H,3-11H2,1-2H3;1H. The minimum absolute atomic E-state index is 0. The molecule has 3 aliphatic heterocycles. The summed E-state index contributed by atoms with van der Waals surface area (Å²) in [7, 11) is 3.40. The molecule has 0 spiro atoms. The van der Waals surface area contributed by atoms with Gasteiger partial charge in [0.25, 0.3) is 5.91 Å². The van der Waals surface area contributed by atoms with Gasteiger partial charge in [0, 0.05) is 38.0 Å². The second kappa shape index (κ2) is 8.39. The zero-order valence-electron chi connectivity index (χ0n) is 16.3. The molecule has 7 nitrogen and oxygen atoms in total. The van der Waals surface area contributed by atoms with Gasteiger partial charge in [-0.3, -0.25) is 14.4 Å². The van der Waals surface area contributed by atoms with Gasteiger partial charge in [-0.1, -0.05) is 6.42 Å². The van der Waals surface area contributed by atoms with Crippen LogP contribution >= 0.6 is 23.7 Å². The van der Waals surface area contributed by atoms with Crippen LogP contribution in [0.2, 0.25) is 0 Å². The van der Waals surface area contributed by atoms with Gasteiger partial charge in [0.15, 0.2) is 0 Å². The third kappa shape index (κ3) is 3.77. The molecule has 4 heterocycles. The van der Waals surface area contributed by atoms with Crippen molar-refractivity contribution in [2.24, 2.45) is 0 Å². The number of nitrogens with zero attached hydrogens (tertiary/aromatic N) is 3. The molecule has 4 rings (SSSR count). The third-order valence-electron chi connectivity index (χ3n) is 5.84. The van der Waals surface area contributed by atoms with Gasteiger partial charge in [-0.25, -0.2) is 0 Å². The number of rotatable bonds is 2. The van der Waals surface area contributed by atoms with Crippen LogP contribution < -0.4 is 10.2 Å². The van der Waals surface area contributed by atoms with Crippen LogP contribution in [-0.2, 0) is 22.6 Å². The predicted octanol–water partition coefficient (Wildman–Crippen LogP) is 1.64. The molecular weight excluding hydrogens is 400 g/mol. The van der Waals surface area contributed by atoms with Crippen LogP contribution in [0.4, 0.5) is 5.00 Å². The number of amides is 3. The highest BCUT2D eigenvalue weighted by Crippen LogP contribution is 2.40. The van der Waals surface area contributed by atoms with E-state index in [0.29, 0.717) is 31.5 Å². The number of halogens is 1. The number of hydrogen-bond acceptors (Lipinski definition) is 5. The van der Waals surface area contributed by atoms with E-state index in [0.717, 1.165) is 28.4 Å². The van der Waals surface area contributed by atoms with Crippen molar-refractivity contribution in [2.45, 2.75) is 44.7 Å². The molecule has 0 radical (unpaired) electrons. The Labute approximate surface area is 175 Å². The van der Waals surface area contributed by atoms with E-state index in [-0.39, 0.29) is 42.7 Å². The fraction of sp³-hybridized carbons (Fsp3) is 0.632. The summed E-state index contributed by atoms with van der Waals surface area (Å²) >= 11 is 1.48. The monoisotopic (exact) mass is 426 g/mol. The predicted molar refractivity (Wildman–Crippen MR) is 111 cm³/mol. The molecule has 1 aromatic rings. The van der Waals surface area contributed by atoms with Gasteiger partial charge < -0.3 is 20.0 Å². The molecule has 3 aliphatic rings. The number of thiophene rings is 1. The Morgan fingerprint density at radius 3 is 2.71 bits per heavy atom. The first-order valence-electron chi connectivity index (χ1n) is 9.63. The maximum Gasteiger partial charge on any atom is 0.257 e. The highest BCUT2D eigenvalue weighted by Gasteiger charge is 2.36. The summed E-state index contributed by atoms with van der Waals surface area (Å²) in [5, 5.41) is 4.16. The van der Waals surface area contributed by atoms with Crippen molar-refractivity contribution in [3.63, 3.8) is 0 Å². The van der Waals surface area contributed by atoms with Crippen molar-refractivity contribution in [1.82, 2.24) is 15.1 Å². The van der Waals surface area contributed by atoms with Crippen molar-refractivity contribution >= 4 is 46.5 Å². The Balaban J connectivity index is 0.00000225. The Kier molecular flexibility index (Phi) is 6.31. The molecule has 0 saturated carbocycles. The lowest BCUT2D eigenvalue weighted by Crippen LogP contribution is -2.42. The Morgan fingerprint density at radius 1 is 1.21 bits per heavy atom. The number of hydrogen-bond donors (Lipinski definition) is 1. The van der Waals surface area contributed by atoms with Crippen LogP contribution in [-0.4, -0.2) is 67.3 Å². The lowest BCUT2D eigenvalue weighted by Gasteiger charge is -2.30. The number of anilines is 1. The average molecular weight is 427 g/mol. The molecule has 28 heavy (non-hydrogen) atoms. The SMILES string of the molecule is CN1CC(=O)N(C)c2sc3c(c2C1=O)CCN(C(=O)CC1CCCCN1)C3.Cl. The molecule has 1 fully saturated rings. The van der Waals surface area contributed by atoms with E-state index >= 15 is 0 Å². The topological polar surface area (TPSA) is 73.0 Å². The maximum atomic E-state index is 12.8. The lowest BCUT2D eigenvalue weighted by molar-refractivity contribution is -0.132. The fourth-order valence-electron chi connectivity index (χ4n) is 4.18. The fourth-order valence-corrected chi connectivity index (χ4v) is 5.51. The van der Waals surface area contributed by atoms with Gasteiger partial charge in [0.2, 0.25) is 11.8 Å². The van der Waals surface area contributed by atoms with Gasteiger partial charge >= 0.3 is 0 Å². The van der Waals surface area contributed by atoms with Crippen molar-refractivity contribution in [2.75, 3.05) is 38.6 Å². The summed E-state index contributed by atoms with van der Waals surface area (Å²) in [4.78, 5) is 43.9. The normalized spacial score (nSPS) is 22.4. The third-order valence-corrected chi connectivity index (χ3v) is 7.13. The van der Waals surface area contributed by atoms with E-state index in [9.17, 15) is 14.4 Å². The number of carbonyl (C=O) groups is 3. The van der Waals surface area contributed by atoms with E-state index < -0.39 is 0 Å². The summed E-state index contributed by atoms with van der Waals surface area (Å²) in [5.74, 6) is 0.00223. The van der Waals surface area contributed by atoms with Gasteiger partial charge in [-0.05, 0) is 31.4 Å². The number of nitrogens with one attached hydrogen (secondary N) is 1. The molecule has 1 unspecified atom stereocenters. The van der Waals surface area contributed by atoms with Crippen molar-refractivity contribution in [3.05, 3.63) is 16.0 Å². The zero-order chi connectivity index (χ0) is 19.1. The van der Waals surface area contributed by atoms with Crippen LogP contribution in [0, 0.1) is 0 Å².